The number of hydrogen-bond donors (Lipinski definition) is 1. The summed E-state index contributed by atoms with van der Waals surface area (Å²) >= 11 is 0. The van der Waals surface area contributed by atoms with E-state index in [-0.39, 0.29) is 22.8 Å². The van der Waals surface area contributed by atoms with Crippen LogP contribution in [-0.4, -0.2) is 68.4 Å². The highest BCUT2D eigenvalue weighted by Crippen LogP contribution is 2.48. The molecule has 39 heavy (non-hydrogen) atoms. The quantitative estimate of drug-likeness (QED) is 0.404. The molecule has 0 atom stereocenters. The molecule has 2 aliphatic heterocycles. The molecule has 1 saturated carbocycles. The molecule has 11 heteroatoms. The molecule has 206 valence electrons. The van der Waals surface area contributed by atoms with Crippen molar-refractivity contribution in [3.8, 4) is 23.0 Å². The van der Waals surface area contributed by atoms with Crippen LogP contribution < -0.4 is 29.2 Å². The molecule has 3 heterocycles. The third kappa shape index (κ3) is 4.87. The number of rotatable bonds is 10. The Balaban J connectivity index is 1.07. The van der Waals surface area contributed by atoms with E-state index in [1.807, 2.05) is 18.2 Å². The number of aromatic nitrogens is 2. The second-order valence-corrected chi connectivity index (χ2v) is 10.4. The molecule has 1 N–H and O–H groups in total. The standard InChI is InChI=1S/C28H31F2N5O4/c1-36-22-8-17(4-7-21(22)35-15-28(16-35)13-34(14-28)18-5-6-18)33-27-31-10-19(11-32-27)39-12-20-25(29)23(37-2)9-24(38-3)26(20)30/h4,7-11,18H,5-6,12-16H2,1-3H3,(H,31,32,33). The molecule has 0 unspecified atom stereocenters. The van der Waals surface area contributed by atoms with Crippen molar-refractivity contribution in [3.63, 3.8) is 0 Å². The first-order valence-electron chi connectivity index (χ1n) is 12.9. The van der Waals surface area contributed by atoms with E-state index in [2.05, 4.69) is 25.1 Å². The zero-order chi connectivity index (χ0) is 27.1. The van der Waals surface area contributed by atoms with E-state index >= 15 is 0 Å². The number of halogens is 2. The van der Waals surface area contributed by atoms with Gasteiger partial charge in [0, 0.05) is 55.5 Å². The van der Waals surface area contributed by atoms with Gasteiger partial charge in [0.15, 0.2) is 28.9 Å². The Labute approximate surface area is 225 Å². The van der Waals surface area contributed by atoms with Gasteiger partial charge in [0.05, 0.1) is 45.0 Å². The van der Waals surface area contributed by atoms with Crippen LogP contribution in [0.25, 0.3) is 0 Å². The summed E-state index contributed by atoms with van der Waals surface area (Å²) in [6.07, 6.45) is 5.58. The van der Waals surface area contributed by atoms with E-state index in [0.717, 1.165) is 42.3 Å². The van der Waals surface area contributed by atoms with Crippen molar-refractivity contribution in [2.45, 2.75) is 25.5 Å². The van der Waals surface area contributed by atoms with Gasteiger partial charge in [-0.1, -0.05) is 0 Å². The van der Waals surface area contributed by atoms with Crippen molar-refractivity contribution in [2.24, 2.45) is 5.41 Å². The Hall–Kier alpha value is -3.86. The third-order valence-electron chi connectivity index (χ3n) is 7.65. The van der Waals surface area contributed by atoms with Gasteiger partial charge < -0.3 is 29.2 Å². The zero-order valence-electron chi connectivity index (χ0n) is 22.2. The highest BCUT2D eigenvalue weighted by atomic mass is 19.1. The fraction of sp³-hybridized carbons (Fsp3) is 0.429. The van der Waals surface area contributed by atoms with Gasteiger partial charge in [0.2, 0.25) is 5.95 Å². The minimum atomic E-state index is -0.853. The number of nitrogens with one attached hydrogen (secondary N) is 1. The van der Waals surface area contributed by atoms with Crippen LogP contribution in [0.2, 0.25) is 0 Å². The second-order valence-electron chi connectivity index (χ2n) is 10.4. The fourth-order valence-electron chi connectivity index (χ4n) is 5.47. The summed E-state index contributed by atoms with van der Waals surface area (Å²) in [6.45, 7) is 4.15. The number of hydrogen-bond acceptors (Lipinski definition) is 9. The lowest BCUT2D eigenvalue weighted by atomic mass is 9.72. The molecule has 0 amide bonds. The molecule has 3 aromatic rings. The molecule has 9 nitrogen and oxygen atoms in total. The topological polar surface area (TPSA) is 81.2 Å². The van der Waals surface area contributed by atoms with Gasteiger partial charge in [-0.05, 0) is 25.0 Å². The van der Waals surface area contributed by atoms with Crippen LogP contribution in [0, 0.1) is 17.0 Å². The summed E-state index contributed by atoms with van der Waals surface area (Å²) in [5.41, 5.74) is 1.98. The van der Waals surface area contributed by atoms with Crippen LogP contribution in [0.3, 0.4) is 0 Å². The van der Waals surface area contributed by atoms with Crippen LogP contribution in [0.4, 0.5) is 26.1 Å². The van der Waals surface area contributed by atoms with E-state index in [9.17, 15) is 8.78 Å². The SMILES string of the molecule is COc1cc(Nc2ncc(OCc3c(F)c(OC)cc(OC)c3F)cn2)ccc1N1CC2(C1)CN(C1CC1)C2. The van der Waals surface area contributed by atoms with E-state index in [1.54, 1.807) is 7.11 Å². The number of nitrogens with zero attached hydrogens (tertiary/aromatic N) is 4. The van der Waals surface area contributed by atoms with Crippen LogP contribution in [-0.2, 0) is 6.61 Å². The first-order valence-corrected chi connectivity index (χ1v) is 12.9. The Morgan fingerprint density at radius 2 is 1.54 bits per heavy atom. The fourth-order valence-corrected chi connectivity index (χ4v) is 5.47. The number of ether oxygens (including phenoxy) is 4. The second kappa shape index (κ2) is 10.0. The third-order valence-corrected chi connectivity index (χ3v) is 7.65. The van der Waals surface area contributed by atoms with Gasteiger partial charge in [0.25, 0.3) is 0 Å². The van der Waals surface area contributed by atoms with Crippen LogP contribution in [0.1, 0.15) is 18.4 Å². The lowest BCUT2D eigenvalue weighted by Crippen LogP contribution is -2.72. The molecular formula is C28H31F2N5O4. The molecular weight excluding hydrogens is 508 g/mol. The van der Waals surface area contributed by atoms with Crippen LogP contribution in [0.5, 0.6) is 23.0 Å². The Kier molecular flexibility index (Phi) is 6.54. The maximum Gasteiger partial charge on any atom is 0.227 e. The van der Waals surface area contributed by atoms with Gasteiger partial charge in [0.1, 0.15) is 12.4 Å². The summed E-state index contributed by atoms with van der Waals surface area (Å²) < 4.78 is 50.3. The first-order chi connectivity index (χ1) is 18.9. The lowest BCUT2D eigenvalue weighted by Gasteiger charge is -2.61. The highest BCUT2D eigenvalue weighted by molar-refractivity contribution is 5.68. The van der Waals surface area contributed by atoms with Crippen molar-refractivity contribution in [1.29, 1.82) is 0 Å². The molecule has 6 rings (SSSR count). The molecule has 0 radical (unpaired) electrons. The lowest BCUT2D eigenvalue weighted by molar-refractivity contribution is -0.0276. The van der Waals surface area contributed by atoms with Gasteiger partial charge in [-0.3, -0.25) is 4.90 Å². The largest absolute Gasteiger partial charge is 0.495 e. The first kappa shape index (κ1) is 25.4. The number of benzene rings is 2. The molecule has 1 aliphatic carbocycles. The minimum absolute atomic E-state index is 0.138. The minimum Gasteiger partial charge on any atom is -0.495 e. The van der Waals surface area contributed by atoms with Crippen LogP contribution in [0.15, 0.2) is 36.7 Å². The Morgan fingerprint density at radius 1 is 0.897 bits per heavy atom. The van der Waals surface area contributed by atoms with Gasteiger partial charge in [-0.25, -0.2) is 18.7 Å². The number of likely N-dealkylation sites (tertiary alicyclic amines) is 1. The number of anilines is 3. The maximum atomic E-state index is 14.6. The Bertz CT molecular complexity index is 1330. The molecule has 1 spiro atoms. The summed E-state index contributed by atoms with van der Waals surface area (Å²) in [5, 5.41) is 3.16. The normalized spacial score (nSPS) is 17.8. The van der Waals surface area contributed by atoms with Crippen molar-refractivity contribution in [1.82, 2.24) is 14.9 Å². The summed E-state index contributed by atoms with van der Waals surface area (Å²) in [6, 6.07) is 7.93. The molecule has 3 fully saturated rings. The molecule has 3 aliphatic rings. The van der Waals surface area contributed by atoms with E-state index in [0.29, 0.717) is 11.4 Å². The summed E-state index contributed by atoms with van der Waals surface area (Å²) in [5.74, 6) is -0.609. The maximum absolute atomic E-state index is 14.6. The molecule has 2 aromatic carbocycles. The number of methoxy groups -OCH3 is 3. The van der Waals surface area contributed by atoms with Crippen LogP contribution >= 0.6 is 0 Å². The van der Waals surface area contributed by atoms with Gasteiger partial charge in [-0.2, -0.15) is 0 Å². The van der Waals surface area contributed by atoms with Crippen molar-refractivity contribution in [3.05, 3.63) is 53.9 Å². The van der Waals surface area contributed by atoms with Crippen molar-refractivity contribution >= 4 is 17.3 Å². The average molecular weight is 540 g/mol. The summed E-state index contributed by atoms with van der Waals surface area (Å²) in [4.78, 5) is 13.5. The van der Waals surface area contributed by atoms with Crippen molar-refractivity contribution in [2.75, 3.05) is 57.7 Å². The van der Waals surface area contributed by atoms with E-state index in [4.69, 9.17) is 18.9 Å². The monoisotopic (exact) mass is 539 g/mol. The molecule has 0 bridgehead atoms. The van der Waals surface area contributed by atoms with E-state index < -0.39 is 18.2 Å². The molecule has 1 aromatic heterocycles. The average Bonchev–Trinajstić information content (AvgIpc) is 3.74. The van der Waals surface area contributed by atoms with Gasteiger partial charge in [-0.15, -0.1) is 0 Å². The van der Waals surface area contributed by atoms with E-state index in [1.165, 1.54) is 52.5 Å². The molecule has 2 saturated heterocycles. The predicted molar refractivity (Wildman–Crippen MR) is 141 cm³/mol. The van der Waals surface area contributed by atoms with Crippen molar-refractivity contribution < 1.29 is 27.7 Å². The van der Waals surface area contributed by atoms with Gasteiger partial charge >= 0.3 is 0 Å². The Morgan fingerprint density at radius 3 is 2.13 bits per heavy atom. The predicted octanol–water partition coefficient (Wildman–Crippen LogP) is 4.39. The summed E-state index contributed by atoms with van der Waals surface area (Å²) in [7, 11) is 4.25. The zero-order valence-corrected chi connectivity index (χ0v) is 22.2. The highest BCUT2D eigenvalue weighted by Gasteiger charge is 2.54. The smallest absolute Gasteiger partial charge is 0.227 e.